The van der Waals surface area contributed by atoms with Crippen LogP contribution in [0.25, 0.3) is 16.3 Å². The van der Waals surface area contributed by atoms with Crippen molar-refractivity contribution < 1.29 is 0 Å². The van der Waals surface area contributed by atoms with Crippen molar-refractivity contribution in [3.8, 4) is 0 Å². The molecule has 136 valence electrons. The number of allylic oxidation sites excluding steroid dienone is 2. The van der Waals surface area contributed by atoms with Crippen LogP contribution in [-0.2, 0) is 0 Å². The van der Waals surface area contributed by atoms with Crippen LogP contribution in [-0.4, -0.2) is 33.4 Å². The Hall–Kier alpha value is -1.85. The van der Waals surface area contributed by atoms with Crippen molar-refractivity contribution in [1.82, 2.24) is 14.3 Å². The van der Waals surface area contributed by atoms with E-state index in [-0.39, 0.29) is 0 Å². The lowest BCUT2D eigenvalue weighted by atomic mass is 9.94. The van der Waals surface area contributed by atoms with Crippen molar-refractivity contribution in [3.05, 3.63) is 48.3 Å². The zero-order valence-corrected chi connectivity index (χ0v) is 16.0. The predicted octanol–water partition coefficient (Wildman–Crippen LogP) is 5.26. The average Bonchev–Trinajstić information content (AvgIpc) is 2.70. The quantitative estimate of drug-likeness (QED) is 0.732. The van der Waals surface area contributed by atoms with Gasteiger partial charge in [-0.15, -0.1) is 0 Å². The largest absolute Gasteiger partial charge is 0.367 e. The number of piperidine rings is 1. The molecule has 0 saturated carbocycles. The predicted molar refractivity (Wildman–Crippen MR) is 112 cm³/mol. The second kappa shape index (κ2) is 8.23. The molecule has 1 fully saturated rings. The van der Waals surface area contributed by atoms with Gasteiger partial charge in [-0.3, -0.25) is 4.98 Å². The van der Waals surface area contributed by atoms with Crippen molar-refractivity contribution in [1.29, 1.82) is 0 Å². The lowest BCUT2D eigenvalue weighted by Gasteiger charge is -2.30. The number of hydrogen-bond donors (Lipinski definition) is 1. The molecule has 2 aromatic heterocycles. The van der Waals surface area contributed by atoms with Crippen LogP contribution in [0.5, 0.6) is 0 Å². The molecule has 0 spiro atoms. The molecular formula is C21H26N4S. The maximum atomic E-state index is 4.71. The van der Waals surface area contributed by atoms with Crippen LogP contribution < -0.4 is 5.32 Å². The number of pyridine rings is 2. The van der Waals surface area contributed by atoms with Crippen LogP contribution in [0.2, 0.25) is 0 Å². The zero-order valence-electron chi connectivity index (χ0n) is 15.2. The van der Waals surface area contributed by atoms with Gasteiger partial charge in [0.15, 0.2) is 0 Å². The standard InChI is InChI=1S/C21H26N4S/c1-2-26-25-12-9-18(10-13-25)24-20-14-19-17(15-23-20)8-11-22-21(19)16-6-4-3-5-7-16/h2,6,8,11,14-15,18H,1,3-5,7,9-10,12-13H2,(H,23,24). The Morgan fingerprint density at radius 3 is 2.88 bits per heavy atom. The number of aromatic nitrogens is 2. The highest BCUT2D eigenvalue weighted by atomic mass is 32.2. The molecule has 5 heteroatoms. The number of hydrogen-bond acceptors (Lipinski definition) is 5. The molecule has 1 aliphatic carbocycles. The summed E-state index contributed by atoms with van der Waals surface area (Å²) < 4.78 is 2.37. The highest BCUT2D eigenvalue weighted by Crippen LogP contribution is 2.31. The van der Waals surface area contributed by atoms with E-state index in [1.807, 2.05) is 17.8 Å². The molecule has 3 heterocycles. The second-order valence-corrected chi connectivity index (χ2v) is 8.11. The number of anilines is 1. The Balaban J connectivity index is 1.53. The summed E-state index contributed by atoms with van der Waals surface area (Å²) in [6, 6.07) is 4.73. The smallest absolute Gasteiger partial charge is 0.126 e. The van der Waals surface area contributed by atoms with Gasteiger partial charge in [0.25, 0.3) is 0 Å². The highest BCUT2D eigenvalue weighted by Gasteiger charge is 2.19. The van der Waals surface area contributed by atoms with Crippen molar-refractivity contribution in [2.75, 3.05) is 18.4 Å². The van der Waals surface area contributed by atoms with Crippen molar-refractivity contribution >= 4 is 34.1 Å². The number of rotatable bonds is 5. The van der Waals surface area contributed by atoms with E-state index in [0.29, 0.717) is 6.04 Å². The van der Waals surface area contributed by atoms with E-state index in [1.54, 1.807) is 11.9 Å². The third-order valence-corrected chi connectivity index (χ3v) is 6.08. The second-order valence-electron chi connectivity index (χ2n) is 7.05. The first-order valence-electron chi connectivity index (χ1n) is 9.57. The molecule has 1 aliphatic heterocycles. The lowest BCUT2D eigenvalue weighted by molar-refractivity contribution is 0.359. The fourth-order valence-electron chi connectivity index (χ4n) is 3.87. The van der Waals surface area contributed by atoms with Gasteiger partial charge in [-0.05, 0) is 61.6 Å². The first-order chi connectivity index (χ1) is 12.8. The molecule has 0 amide bonds. The van der Waals surface area contributed by atoms with Crippen LogP contribution in [0.4, 0.5) is 5.82 Å². The van der Waals surface area contributed by atoms with Gasteiger partial charge in [0.2, 0.25) is 0 Å². The van der Waals surface area contributed by atoms with Crippen LogP contribution in [0.1, 0.15) is 44.2 Å². The van der Waals surface area contributed by atoms with Crippen molar-refractivity contribution in [3.63, 3.8) is 0 Å². The van der Waals surface area contributed by atoms with E-state index in [2.05, 4.69) is 39.4 Å². The third-order valence-electron chi connectivity index (χ3n) is 5.27. The molecule has 0 bridgehead atoms. The number of fused-ring (bicyclic) bond motifs is 1. The summed E-state index contributed by atoms with van der Waals surface area (Å²) in [5.41, 5.74) is 2.54. The topological polar surface area (TPSA) is 41.0 Å². The minimum Gasteiger partial charge on any atom is -0.367 e. The molecule has 0 atom stereocenters. The van der Waals surface area contributed by atoms with Gasteiger partial charge in [0, 0.05) is 42.3 Å². The van der Waals surface area contributed by atoms with Gasteiger partial charge in [-0.1, -0.05) is 24.6 Å². The third kappa shape index (κ3) is 3.94. The maximum Gasteiger partial charge on any atom is 0.126 e. The van der Waals surface area contributed by atoms with Gasteiger partial charge in [0.05, 0.1) is 5.69 Å². The van der Waals surface area contributed by atoms with E-state index in [9.17, 15) is 0 Å². The summed E-state index contributed by atoms with van der Waals surface area (Å²) in [5.74, 6) is 0.970. The molecule has 1 saturated heterocycles. The first kappa shape index (κ1) is 17.6. The Labute approximate surface area is 159 Å². The zero-order chi connectivity index (χ0) is 17.8. The molecule has 2 aromatic rings. The number of nitrogens with zero attached hydrogens (tertiary/aromatic N) is 3. The van der Waals surface area contributed by atoms with Gasteiger partial charge >= 0.3 is 0 Å². The van der Waals surface area contributed by atoms with Crippen LogP contribution in [0.15, 0.2) is 42.6 Å². The molecule has 4 nitrogen and oxygen atoms in total. The summed E-state index contributed by atoms with van der Waals surface area (Å²) in [7, 11) is 0. The summed E-state index contributed by atoms with van der Waals surface area (Å²) in [5, 5.41) is 7.95. The van der Waals surface area contributed by atoms with E-state index in [4.69, 9.17) is 4.98 Å². The molecule has 2 aliphatic rings. The highest BCUT2D eigenvalue weighted by molar-refractivity contribution is 7.99. The molecular weight excluding hydrogens is 340 g/mol. The first-order valence-corrected chi connectivity index (χ1v) is 10.4. The maximum absolute atomic E-state index is 4.71. The van der Waals surface area contributed by atoms with Crippen LogP contribution >= 0.6 is 11.9 Å². The van der Waals surface area contributed by atoms with Crippen molar-refractivity contribution in [2.45, 2.75) is 44.6 Å². The number of nitrogens with one attached hydrogen (secondary N) is 1. The molecule has 0 aromatic carbocycles. The minimum absolute atomic E-state index is 0.482. The monoisotopic (exact) mass is 366 g/mol. The molecule has 4 rings (SSSR count). The van der Waals surface area contributed by atoms with E-state index >= 15 is 0 Å². The Bertz CT molecular complexity index is 809. The molecule has 26 heavy (non-hydrogen) atoms. The minimum atomic E-state index is 0.482. The van der Waals surface area contributed by atoms with Crippen molar-refractivity contribution in [2.24, 2.45) is 0 Å². The van der Waals surface area contributed by atoms with E-state index < -0.39 is 0 Å². The van der Waals surface area contributed by atoms with Crippen LogP contribution in [0.3, 0.4) is 0 Å². The van der Waals surface area contributed by atoms with E-state index in [0.717, 1.165) is 43.9 Å². The summed E-state index contributed by atoms with van der Waals surface area (Å²) in [4.78, 5) is 9.36. The Kier molecular flexibility index (Phi) is 5.56. The Morgan fingerprint density at radius 1 is 1.23 bits per heavy atom. The summed E-state index contributed by atoms with van der Waals surface area (Å²) >= 11 is 1.72. The normalized spacial score (nSPS) is 19.3. The fraction of sp³-hybridized carbons (Fsp3) is 0.429. The molecule has 0 unspecified atom stereocenters. The summed E-state index contributed by atoms with van der Waals surface area (Å²) in [6.07, 6.45) is 13.4. The van der Waals surface area contributed by atoms with Crippen LogP contribution in [0, 0.1) is 0 Å². The molecule has 0 radical (unpaired) electrons. The Morgan fingerprint density at radius 2 is 2.12 bits per heavy atom. The van der Waals surface area contributed by atoms with E-state index in [1.165, 1.54) is 35.6 Å². The fourth-order valence-corrected chi connectivity index (χ4v) is 4.51. The SMILES string of the molecule is C=CSN1CCC(Nc2cc3c(C4=CCCCC4)nccc3cn2)CC1. The van der Waals surface area contributed by atoms with Gasteiger partial charge in [0.1, 0.15) is 5.82 Å². The average molecular weight is 367 g/mol. The van der Waals surface area contributed by atoms with Gasteiger partial charge in [-0.25, -0.2) is 9.29 Å². The summed E-state index contributed by atoms with van der Waals surface area (Å²) in [6.45, 7) is 5.97. The lowest BCUT2D eigenvalue weighted by Crippen LogP contribution is -2.35. The van der Waals surface area contributed by atoms with Gasteiger partial charge < -0.3 is 5.32 Å². The van der Waals surface area contributed by atoms with Gasteiger partial charge in [-0.2, -0.15) is 0 Å². The molecule has 1 N–H and O–H groups in total.